The van der Waals surface area contributed by atoms with Gasteiger partial charge in [0.15, 0.2) is 12.0 Å². The summed E-state index contributed by atoms with van der Waals surface area (Å²) in [5.74, 6) is 0.592. The van der Waals surface area contributed by atoms with Crippen molar-refractivity contribution in [2.45, 2.75) is 33.9 Å². The van der Waals surface area contributed by atoms with Gasteiger partial charge < -0.3 is 14.6 Å². The summed E-state index contributed by atoms with van der Waals surface area (Å²) in [6.07, 6.45) is 1.87. The smallest absolute Gasteiger partial charge is 0.176 e. The van der Waals surface area contributed by atoms with Crippen LogP contribution in [0.3, 0.4) is 0 Å². The predicted octanol–water partition coefficient (Wildman–Crippen LogP) is 4.33. The van der Waals surface area contributed by atoms with E-state index in [2.05, 4.69) is 30.7 Å². The molecule has 0 aliphatic carbocycles. The number of aromatic amines is 1. The molecule has 1 aliphatic rings. The van der Waals surface area contributed by atoms with E-state index in [1.807, 2.05) is 20.2 Å². The fourth-order valence-corrected chi connectivity index (χ4v) is 2.91. The summed E-state index contributed by atoms with van der Waals surface area (Å²) in [7, 11) is 2.04. The van der Waals surface area contributed by atoms with Gasteiger partial charge in [-0.1, -0.05) is 20.8 Å². The lowest BCUT2D eigenvalue weighted by Crippen LogP contribution is -2.38. The Morgan fingerprint density at radius 1 is 1.29 bits per heavy atom. The number of H-pyrrole nitrogens is 1. The van der Waals surface area contributed by atoms with Crippen LogP contribution in [-0.2, 0) is 4.74 Å². The molecule has 0 spiro atoms. The standard InChI is InChI=1S/C17H21FN2O/c1-10-15(21-16(20(10)5)17(2,3)4)13-9-19-14-7-6-11(18)8-12(13)14/h6-9,16,19H,1-5H3. The van der Waals surface area contributed by atoms with Crippen LogP contribution >= 0.6 is 0 Å². The minimum atomic E-state index is -0.236. The number of hydrogen-bond acceptors (Lipinski definition) is 2. The number of halogens is 1. The number of fused-ring (bicyclic) bond motifs is 1. The molecule has 0 bridgehead atoms. The zero-order valence-electron chi connectivity index (χ0n) is 13.1. The molecular weight excluding hydrogens is 267 g/mol. The third kappa shape index (κ3) is 2.19. The Balaban J connectivity index is 2.09. The molecule has 0 radical (unpaired) electrons. The van der Waals surface area contributed by atoms with Gasteiger partial charge in [-0.15, -0.1) is 0 Å². The molecule has 2 heterocycles. The van der Waals surface area contributed by atoms with Crippen LogP contribution in [0.1, 0.15) is 33.3 Å². The van der Waals surface area contributed by atoms with E-state index < -0.39 is 0 Å². The SMILES string of the molecule is CC1=C(c2c[nH]c3ccc(F)cc23)OC(C(C)(C)C)N1C. The van der Waals surface area contributed by atoms with Crippen molar-refractivity contribution in [3.05, 3.63) is 41.5 Å². The van der Waals surface area contributed by atoms with E-state index in [1.54, 1.807) is 12.1 Å². The average Bonchev–Trinajstić information content (AvgIpc) is 2.92. The molecule has 21 heavy (non-hydrogen) atoms. The molecule has 0 saturated heterocycles. The van der Waals surface area contributed by atoms with Crippen molar-refractivity contribution in [3.8, 4) is 0 Å². The topological polar surface area (TPSA) is 28.3 Å². The summed E-state index contributed by atoms with van der Waals surface area (Å²) < 4.78 is 19.7. The molecule has 1 N–H and O–H groups in total. The fraction of sp³-hybridized carbons (Fsp3) is 0.412. The van der Waals surface area contributed by atoms with Gasteiger partial charge in [-0.25, -0.2) is 4.39 Å². The minimum absolute atomic E-state index is 0.00484. The van der Waals surface area contributed by atoms with Gasteiger partial charge in [0, 0.05) is 35.1 Å². The molecule has 3 nitrogen and oxygen atoms in total. The van der Waals surface area contributed by atoms with E-state index in [-0.39, 0.29) is 17.5 Å². The van der Waals surface area contributed by atoms with Crippen molar-refractivity contribution in [1.29, 1.82) is 0 Å². The van der Waals surface area contributed by atoms with Gasteiger partial charge in [0.2, 0.25) is 0 Å². The van der Waals surface area contributed by atoms with Crippen LogP contribution in [0.5, 0.6) is 0 Å². The van der Waals surface area contributed by atoms with Gasteiger partial charge >= 0.3 is 0 Å². The quantitative estimate of drug-likeness (QED) is 0.846. The lowest BCUT2D eigenvalue weighted by molar-refractivity contribution is -0.0112. The number of benzene rings is 1. The van der Waals surface area contributed by atoms with Gasteiger partial charge in [-0.05, 0) is 25.1 Å². The van der Waals surface area contributed by atoms with Crippen LogP contribution in [0.4, 0.5) is 4.39 Å². The Hall–Kier alpha value is -1.97. The maximum Gasteiger partial charge on any atom is 0.176 e. The summed E-state index contributed by atoms with van der Waals surface area (Å²) in [5, 5.41) is 0.854. The highest BCUT2D eigenvalue weighted by Gasteiger charge is 2.38. The van der Waals surface area contributed by atoms with Crippen molar-refractivity contribution in [2.75, 3.05) is 7.05 Å². The molecule has 1 atom stereocenters. The first-order valence-corrected chi connectivity index (χ1v) is 7.16. The number of nitrogens with zero attached hydrogens (tertiary/aromatic N) is 1. The second-order valence-corrected chi connectivity index (χ2v) is 6.75. The maximum absolute atomic E-state index is 13.5. The van der Waals surface area contributed by atoms with Crippen LogP contribution in [0.15, 0.2) is 30.1 Å². The van der Waals surface area contributed by atoms with Crippen LogP contribution < -0.4 is 0 Å². The molecule has 1 unspecified atom stereocenters. The van der Waals surface area contributed by atoms with E-state index in [4.69, 9.17) is 4.74 Å². The third-order valence-corrected chi connectivity index (χ3v) is 4.07. The number of nitrogens with one attached hydrogen (secondary N) is 1. The van der Waals surface area contributed by atoms with Crippen molar-refractivity contribution < 1.29 is 9.13 Å². The van der Waals surface area contributed by atoms with Gasteiger partial charge in [0.1, 0.15) is 5.82 Å². The van der Waals surface area contributed by atoms with E-state index in [1.165, 1.54) is 6.07 Å². The summed E-state index contributed by atoms with van der Waals surface area (Å²) in [6, 6.07) is 4.77. The Kier molecular flexibility index (Phi) is 3.01. The van der Waals surface area contributed by atoms with Crippen molar-refractivity contribution in [1.82, 2.24) is 9.88 Å². The van der Waals surface area contributed by atoms with Gasteiger partial charge in [-0.2, -0.15) is 0 Å². The highest BCUT2D eigenvalue weighted by Crippen LogP contribution is 2.40. The molecule has 1 aromatic heterocycles. The summed E-state index contributed by atoms with van der Waals surface area (Å²) in [6.45, 7) is 8.50. The Labute approximate surface area is 124 Å². The van der Waals surface area contributed by atoms with E-state index in [0.29, 0.717) is 0 Å². The van der Waals surface area contributed by atoms with Gasteiger partial charge in [0.05, 0.1) is 5.70 Å². The first kappa shape index (κ1) is 14.0. The van der Waals surface area contributed by atoms with Crippen molar-refractivity contribution in [3.63, 3.8) is 0 Å². The molecule has 0 saturated carbocycles. The van der Waals surface area contributed by atoms with Crippen LogP contribution in [-0.4, -0.2) is 23.2 Å². The molecule has 2 aromatic rings. The average molecular weight is 288 g/mol. The molecule has 1 aromatic carbocycles. The number of ether oxygens (including phenoxy) is 1. The molecule has 4 heteroatoms. The number of allylic oxidation sites excluding steroid dienone is 1. The predicted molar refractivity (Wildman–Crippen MR) is 82.9 cm³/mol. The Bertz CT molecular complexity index is 724. The molecular formula is C17H21FN2O. The number of rotatable bonds is 1. The van der Waals surface area contributed by atoms with E-state index >= 15 is 0 Å². The van der Waals surface area contributed by atoms with Gasteiger partial charge in [-0.3, -0.25) is 0 Å². The number of hydrogen-bond donors (Lipinski definition) is 1. The van der Waals surface area contributed by atoms with Crippen LogP contribution in [0.2, 0.25) is 0 Å². The lowest BCUT2D eigenvalue weighted by Gasteiger charge is -2.33. The summed E-state index contributed by atoms with van der Waals surface area (Å²) in [4.78, 5) is 5.33. The van der Waals surface area contributed by atoms with Crippen molar-refractivity contribution in [2.24, 2.45) is 5.41 Å². The zero-order chi connectivity index (χ0) is 15.4. The monoisotopic (exact) mass is 288 g/mol. The highest BCUT2D eigenvalue weighted by molar-refractivity contribution is 5.92. The largest absolute Gasteiger partial charge is 0.467 e. The number of aromatic nitrogens is 1. The first-order chi connectivity index (χ1) is 9.79. The second-order valence-electron chi connectivity index (χ2n) is 6.75. The summed E-state index contributed by atoms with van der Waals surface area (Å²) >= 11 is 0. The molecule has 112 valence electrons. The normalized spacial score (nSPS) is 19.5. The Morgan fingerprint density at radius 2 is 2.00 bits per heavy atom. The second kappa shape index (κ2) is 4.52. The zero-order valence-corrected chi connectivity index (χ0v) is 13.1. The molecule has 3 rings (SSSR count). The van der Waals surface area contributed by atoms with Crippen LogP contribution in [0, 0.1) is 11.2 Å². The molecule has 0 fully saturated rings. The fourth-order valence-electron chi connectivity index (χ4n) is 2.91. The first-order valence-electron chi connectivity index (χ1n) is 7.16. The van der Waals surface area contributed by atoms with Crippen LogP contribution in [0.25, 0.3) is 16.7 Å². The maximum atomic E-state index is 13.5. The van der Waals surface area contributed by atoms with E-state index in [0.717, 1.165) is 27.9 Å². The Morgan fingerprint density at radius 3 is 2.62 bits per heavy atom. The third-order valence-electron chi connectivity index (χ3n) is 4.07. The van der Waals surface area contributed by atoms with Crippen molar-refractivity contribution >= 4 is 16.7 Å². The highest BCUT2D eigenvalue weighted by atomic mass is 19.1. The molecule has 1 aliphatic heterocycles. The lowest BCUT2D eigenvalue weighted by atomic mass is 9.93. The minimum Gasteiger partial charge on any atom is -0.467 e. The summed E-state index contributed by atoms with van der Waals surface area (Å²) in [5.41, 5.74) is 2.90. The molecule has 0 amide bonds. The van der Waals surface area contributed by atoms with Gasteiger partial charge in [0.25, 0.3) is 0 Å². The van der Waals surface area contributed by atoms with E-state index in [9.17, 15) is 4.39 Å².